The maximum absolute atomic E-state index is 12.7. The number of allylic oxidation sites excluding steroid dienone is 11. The maximum atomic E-state index is 12.7. The molecule has 0 aromatic carbocycles. The van der Waals surface area contributed by atoms with E-state index in [0.717, 1.165) is 70.6 Å². The van der Waals surface area contributed by atoms with Gasteiger partial charge in [0, 0.05) is 6.42 Å². The zero-order valence-electron chi connectivity index (χ0n) is 33.7. The average Bonchev–Trinajstić information content (AvgIpc) is 3.17. The minimum Gasteiger partial charge on any atom is -0.457 e. The minimum atomic E-state index is -1.55. The molecule has 4 N–H and O–H groups in total. The lowest BCUT2D eigenvalue weighted by Gasteiger charge is -2.39. The van der Waals surface area contributed by atoms with Crippen LogP contribution in [-0.4, -0.2) is 89.6 Å². The molecule has 0 amide bonds. The Bertz CT molecular complexity index is 1050. The van der Waals surface area contributed by atoms with Gasteiger partial charge in [-0.25, -0.2) is 0 Å². The summed E-state index contributed by atoms with van der Waals surface area (Å²) in [5.74, 6) is -0.351. The molecule has 1 saturated heterocycles. The van der Waals surface area contributed by atoms with Crippen molar-refractivity contribution in [3.63, 3.8) is 0 Å². The van der Waals surface area contributed by atoms with Crippen molar-refractivity contribution in [3.05, 3.63) is 72.9 Å². The number of rotatable bonds is 34. The molecular weight excluding hydrogens is 684 g/mol. The van der Waals surface area contributed by atoms with Crippen molar-refractivity contribution in [2.45, 2.75) is 179 Å². The molecule has 1 aliphatic rings. The van der Waals surface area contributed by atoms with Crippen LogP contribution < -0.4 is 0 Å². The summed E-state index contributed by atoms with van der Waals surface area (Å²) >= 11 is 0. The number of ether oxygens (including phenoxy) is 4. The summed E-state index contributed by atoms with van der Waals surface area (Å²) in [6.07, 6.45) is 39.4. The molecule has 1 fully saturated rings. The third-order valence-electron chi connectivity index (χ3n) is 9.13. The number of hydrogen-bond donors (Lipinski definition) is 4. The average molecular weight is 761 g/mol. The first-order chi connectivity index (χ1) is 26.4. The molecule has 9 nitrogen and oxygen atoms in total. The molecule has 0 saturated carbocycles. The van der Waals surface area contributed by atoms with Crippen LogP contribution in [0.5, 0.6) is 0 Å². The van der Waals surface area contributed by atoms with Crippen molar-refractivity contribution in [2.24, 2.45) is 0 Å². The molecule has 9 heteroatoms. The standard InChI is InChI=1S/C45H76O9/c1-3-5-7-9-11-13-15-17-19-21-23-25-27-29-31-33-35-51-37-39(38-52-45-44(50)43(49)42(48)40(36-46)54-45)53-41(47)34-32-30-28-26-24-22-20-18-16-14-12-10-8-6-4-2/h5,7,11,13,17-20,23,25,29,31,39-40,42-46,48-50H,3-4,6,8-10,12,14-16,21-22,24,26-28,30,32-38H2,1-2H3/b7-5-,13-11-,19-17-,20-18-,25-23-,31-29-. The van der Waals surface area contributed by atoms with E-state index in [1.54, 1.807) is 0 Å². The topological polar surface area (TPSA) is 135 Å². The lowest BCUT2D eigenvalue weighted by atomic mass is 9.99. The fourth-order valence-corrected chi connectivity index (χ4v) is 5.84. The van der Waals surface area contributed by atoms with Gasteiger partial charge in [0.15, 0.2) is 6.29 Å². The number of carbonyl (C=O) groups is 1. The third kappa shape index (κ3) is 27.2. The van der Waals surface area contributed by atoms with Crippen molar-refractivity contribution < 1.29 is 44.2 Å². The Balaban J connectivity index is 2.37. The first-order valence-corrected chi connectivity index (χ1v) is 21.0. The van der Waals surface area contributed by atoms with Crippen LogP contribution in [0.1, 0.15) is 142 Å². The van der Waals surface area contributed by atoms with Crippen LogP contribution in [0.25, 0.3) is 0 Å². The highest BCUT2D eigenvalue weighted by molar-refractivity contribution is 5.69. The van der Waals surface area contributed by atoms with Gasteiger partial charge in [0.05, 0.1) is 26.4 Å². The molecule has 6 atom stereocenters. The summed E-state index contributed by atoms with van der Waals surface area (Å²) in [6.45, 7) is 4.19. The van der Waals surface area contributed by atoms with E-state index in [4.69, 9.17) is 18.9 Å². The third-order valence-corrected chi connectivity index (χ3v) is 9.13. The molecule has 1 rings (SSSR count). The van der Waals surface area contributed by atoms with Crippen molar-refractivity contribution in [1.29, 1.82) is 0 Å². The fraction of sp³-hybridized carbons (Fsp3) is 0.711. The van der Waals surface area contributed by atoms with E-state index in [0.29, 0.717) is 13.0 Å². The predicted molar refractivity (Wildman–Crippen MR) is 219 cm³/mol. The summed E-state index contributed by atoms with van der Waals surface area (Å²) < 4.78 is 22.6. The van der Waals surface area contributed by atoms with Gasteiger partial charge >= 0.3 is 5.97 Å². The van der Waals surface area contributed by atoms with Gasteiger partial charge in [0.2, 0.25) is 0 Å². The van der Waals surface area contributed by atoms with Crippen molar-refractivity contribution in [1.82, 2.24) is 0 Å². The second kappa shape index (κ2) is 36.3. The minimum absolute atomic E-state index is 0.0836. The number of carbonyl (C=O) groups excluding carboxylic acids is 1. The Labute approximate surface area is 327 Å². The van der Waals surface area contributed by atoms with E-state index >= 15 is 0 Å². The predicted octanol–water partition coefficient (Wildman–Crippen LogP) is 8.91. The summed E-state index contributed by atoms with van der Waals surface area (Å²) in [5.41, 5.74) is 0. The van der Waals surface area contributed by atoms with E-state index in [1.165, 1.54) is 44.9 Å². The van der Waals surface area contributed by atoms with Gasteiger partial charge in [0.1, 0.15) is 30.5 Å². The molecule has 1 aliphatic heterocycles. The van der Waals surface area contributed by atoms with Crippen LogP contribution in [-0.2, 0) is 23.7 Å². The first-order valence-electron chi connectivity index (χ1n) is 21.0. The molecule has 54 heavy (non-hydrogen) atoms. The van der Waals surface area contributed by atoms with Crippen molar-refractivity contribution >= 4 is 5.97 Å². The Morgan fingerprint density at radius 2 is 1.13 bits per heavy atom. The van der Waals surface area contributed by atoms with Gasteiger partial charge in [0.25, 0.3) is 0 Å². The van der Waals surface area contributed by atoms with Gasteiger partial charge in [-0.3, -0.25) is 4.79 Å². The number of aliphatic hydroxyl groups is 4. The normalized spacial score (nSPS) is 21.6. The number of hydrogen-bond acceptors (Lipinski definition) is 9. The Morgan fingerprint density at radius 1 is 0.611 bits per heavy atom. The van der Waals surface area contributed by atoms with Crippen LogP contribution in [0.4, 0.5) is 0 Å². The van der Waals surface area contributed by atoms with Gasteiger partial charge in [-0.15, -0.1) is 0 Å². The molecule has 6 unspecified atom stereocenters. The number of unbranched alkanes of at least 4 members (excludes halogenated alkanes) is 11. The molecule has 0 aromatic heterocycles. The van der Waals surface area contributed by atoms with Crippen molar-refractivity contribution in [3.8, 4) is 0 Å². The molecule has 0 radical (unpaired) electrons. The second-order valence-electron chi connectivity index (χ2n) is 14.0. The molecule has 0 aromatic rings. The SMILES string of the molecule is CC/C=C\C/C=C\C/C=C\C/C=C\C/C=C\CCOCC(COC1OC(CO)C(O)C(O)C1O)OC(=O)CCCCCCC/C=C\CCCCCCCC. The molecule has 0 aliphatic carbocycles. The van der Waals surface area contributed by atoms with Crippen molar-refractivity contribution in [2.75, 3.05) is 26.4 Å². The van der Waals surface area contributed by atoms with Crippen LogP contribution >= 0.6 is 0 Å². The van der Waals surface area contributed by atoms with Gasteiger partial charge in [-0.2, -0.15) is 0 Å². The van der Waals surface area contributed by atoms with E-state index in [9.17, 15) is 25.2 Å². The van der Waals surface area contributed by atoms with Gasteiger partial charge in [-0.1, -0.05) is 138 Å². The largest absolute Gasteiger partial charge is 0.457 e. The Morgan fingerprint density at radius 3 is 1.70 bits per heavy atom. The van der Waals surface area contributed by atoms with E-state index < -0.39 is 43.4 Å². The van der Waals surface area contributed by atoms with Gasteiger partial charge < -0.3 is 39.4 Å². The fourth-order valence-electron chi connectivity index (χ4n) is 5.84. The van der Waals surface area contributed by atoms with E-state index in [1.807, 2.05) is 0 Å². The summed E-state index contributed by atoms with van der Waals surface area (Å²) in [6, 6.07) is 0. The second-order valence-corrected chi connectivity index (χ2v) is 14.0. The lowest BCUT2D eigenvalue weighted by Crippen LogP contribution is -2.59. The van der Waals surface area contributed by atoms with E-state index in [-0.39, 0.29) is 25.6 Å². The maximum Gasteiger partial charge on any atom is 0.306 e. The number of aliphatic hydroxyl groups excluding tert-OH is 4. The van der Waals surface area contributed by atoms with E-state index in [2.05, 4.69) is 86.8 Å². The van der Waals surface area contributed by atoms with Crippen LogP contribution in [0, 0.1) is 0 Å². The highest BCUT2D eigenvalue weighted by Crippen LogP contribution is 2.22. The summed E-state index contributed by atoms with van der Waals surface area (Å²) in [4.78, 5) is 12.7. The summed E-state index contributed by atoms with van der Waals surface area (Å²) in [7, 11) is 0. The molecule has 0 spiro atoms. The Kier molecular flexibility index (Phi) is 33.4. The highest BCUT2D eigenvalue weighted by Gasteiger charge is 2.44. The zero-order chi connectivity index (χ0) is 39.3. The summed E-state index contributed by atoms with van der Waals surface area (Å²) in [5, 5.41) is 40.0. The smallest absolute Gasteiger partial charge is 0.306 e. The monoisotopic (exact) mass is 761 g/mol. The highest BCUT2D eigenvalue weighted by atomic mass is 16.7. The van der Waals surface area contributed by atoms with Crippen LogP contribution in [0.3, 0.4) is 0 Å². The molecule has 0 bridgehead atoms. The number of esters is 1. The van der Waals surface area contributed by atoms with Crippen LogP contribution in [0.2, 0.25) is 0 Å². The lowest BCUT2D eigenvalue weighted by molar-refractivity contribution is -0.305. The molecular formula is C45H76O9. The molecule has 1 heterocycles. The van der Waals surface area contributed by atoms with Gasteiger partial charge in [-0.05, 0) is 70.6 Å². The first kappa shape index (κ1) is 49.6. The zero-order valence-corrected chi connectivity index (χ0v) is 33.7. The van der Waals surface area contributed by atoms with Crippen LogP contribution in [0.15, 0.2) is 72.9 Å². The Hall–Kier alpha value is -2.37. The molecule has 310 valence electrons. The quantitative estimate of drug-likeness (QED) is 0.0288.